The molecule has 3 aromatic rings. The molecule has 0 amide bonds. The highest BCUT2D eigenvalue weighted by Gasteiger charge is 2.30. The average Bonchev–Trinajstić information content (AvgIpc) is 3.31. The Hall–Kier alpha value is -2.41. The van der Waals surface area contributed by atoms with Crippen LogP contribution in [0.1, 0.15) is 39.1 Å². The van der Waals surface area contributed by atoms with E-state index in [1.54, 1.807) is 24.5 Å². The Kier molecular flexibility index (Phi) is 5.56. The topological polar surface area (TPSA) is 43.4 Å². The van der Waals surface area contributed by atoms with E-state index < -0.39 is 11.7 Å². The van der Waals surface area contributed by atoms with Gasteiger partial charge in [0, 0.05) is 11.7 Å². The number of carbonyl (C=O) groups excluding carboxylic acids is 1. The van der Waals surface area contributed by atoms with Gasteiger partial charge in [0.25, 0.3) is 0 Å². The van der Waals surface area contributed by atoms with Crippen LogP contribution in [0.3, 0.4) is 0 Å². The fourth-order valence-electron chi connectivity index (χ4n) is 2.44. The molecule has 0 aliphatic rings. The third kappa shape index (κ3) is 4.60. The lowest BCUT2D eigenvalue weighted by Gasteiger charge is -2.16. The molecule has 0 N–H and O–H groups in total. The Balaban J connectivity index is 1.78. The van der Waals surface area contributed by atoms with Crippen molar-refractivity contribution in [3.05, 3.63) is 83.7 Å². The molecule has 26 heavy (non-hydrogen) atoms. The average molecular weight is 380 g/mol. The smallest absolute Gasteiger partial charge is 0.416 e. The van der Waals surface area contributed by atoms with Gasteiger partial charge in [0.15, 0.2) is 11.5 Å². The summed E-state index contributed by atoms with van der Waals surface area (Å²) < 4.78 is 48.7. The van der Waals surface area contributed by atoms with Crippen LogP contribution in [0.4, 0.5) is 13.2 Å². The van der Waals surface area contributed by atoms with Crippen LogP contribution in [0.5, 0.6) is 0 Å². The highest BCUT2D eigenvalue weighted by molar-refractivity contribution is 7.98. The monoisotopic (exact) mass is 380 g/mol. The first kappa shape index (κ1) is 18.4. The molecule has 136 valence electrons. The van der Waals surface area contributed by atoms with E-state index in [9.17, 15) is 18.0 Å². The fraction of sp³-hybridized carbons (Fsp3) is 0.211. The van der Waals surface area contributed by atoms with E-state index in [1.807, 2.05) is 6.07 Å². The van der Waals surface area contributed by atoms with Gasteiger partial charge in [-0.15, -0.1) is 11.8 Å². The van der Waals surface area contributed by atoms with Crippen molar-refractivity contribution in [2.45, 2.75) is 23.6 Å². The standard InChI is InChI=1S/C19H15F3O3S/c20-19(21,22)14-7-5-13(6-8-14)18(26-12-15-3-1-9-24-15)11-16(23)17-4-2-10-25-17/h1-10,18H,11-12H2/t18-/m0/s1. The first-order valence-corrected chi connectivity index (χ1v) is 8.86. The zero-order valence-corrected chi connectivity index (χ0v) is 14.3. The third-order valence-electron chi connectivity index (χ3n) is 3.78. The largest absolute Gasteiger partial charge is 0.468 e. The molecule has 0 fully saturated rings. The van der Waals surface area contributed by atoms with Crippen molar-refractivity contribution < 1.29 is 26.8 Å². The molecule has 0 radical (unpaired) electrons. The predicted molar refractivity (Wildman–Crippen MR) is 91.8 cm³/mol. The van der Waals surface area contributed by atoms with Gasteiger partial charge >= 0.3 is 6.18 Å². The summed E-state index contributed by atoms with van der Waals surface area (Å²) in [5.41, 5.74) is -0.0668. The number of hydrogen-bond acceptors (Lipinski definition) is 4. The van der Waals surface area contributed by atoms with Crippen LogP contribution in [-0.2, 0) is 11.9 Å². The highest BCUT2D eigenvalue weighted by Crippen LogP contribution is 2.37. The molecule has 0 saturated heterocycles. The van der Waals surface area contributed by atoms with E-state index >= 15 is 0 Å². The Morgan fingerprint density at radius 3 is 2.27 bits per heavy atom. The molecule has 2 aromatic heterocycles. The second-order valence-electron chi connectivity index (χ2n) is 5.60. The van der Waals surface area contributed by atoms with E-state index in [1.165, 1.54) is 30.2 Å². The number of Topliss-reactive ketones (excluding diaryl/α,β-unsaturated/α-hetero) is 1. The van der Waals surface area contributed by atoms with Crippen LogP contribution in [0.25, 0.3) is 0 Å². The van der Waals surface area contributed by atoms with Gasteiger partial charge in [-0.1, -0.05) is 12.1 Å². The Labute approximate surface area is 152 Å². The van der Waals surface area contributed by atoms with Gasteiger partial charge in [-0.05, 0) is 42.0 Å². The van der Waals surface area contributed by atoms with Crippen LogP contribution in [-0.4, -0.2) is 5.78 Å². The summed E-state index contributed by atoms with van der Waals surface area (Å²) in [5.74, 6) is 1.27. The number of alkyl halides is 3. The lowest BCUT2D eigenvalue weighted by Crippen LogP contribution is -2.07. The summed E-state index contributed by atoms with van der Waals surface area (Å²) >= 11 is 1.43. The summed E-state index contributed by atoms with van der Waals surface area (Å²) in [6.45, 7) is 0. The van der Waals surface area contributed by atoms with Crippen molar-refractivity contribution in [1.82, 2.24) is 0 Å². The normalized spacial score (nSPS) is 12.9. The van der Waals surface area contributed by atoms with Crippen LogP contribution in [0.15, 0.2) is 69.9 Å². The number of thioether (sulfide) groups is 1. The molecule has 1 aromatic carbocycles. The molecular formula is C19H15F3O3S. The SMILES string of the molecule is O=C(C[C@H](SCc1ccco1)c1ccc(C(F)(F)F)cc1)c1ccco1. The summed E-state index contributed by atoms with van der Waals surface area (Å²) in [5, 5.41) is -0.319. The van der Waals surface area contributed by atoms with Gasteiger partial charge in [0.2, 0.25) is 0 Å². The Morgan fingerprint density at radius 1 is 1.00 bits per heavy atom. The molecule has 0 unspecified atom stereocenters. The van der Waals surface area contributed by atoms with Gasteiger partial charge in [-0.2, -0.15) is 13.2 Å². The zero-order valence-electron chi connectivity index (χ0n) is 13.5. The second-order valence-corrected chi connectivity index (χ2v) is 6.79. The molecule has 1 atom stereocenters. The van der Waals surface area contributed by atoms with Crippen molar-refractivity contribution in [3.63, 3.8) is 0 Å². The second kappa shape index (κ2) is 7.86. The third-order valence-corrected chi connectivity index (χ3v) is 5.08. The van der Waals surface area contributed by atoms with Gasteiger partial charge in [0.05, 0.1) is 23.8 Å². The Bertz CT molecular complexity index is 822. The maximum Gasteiger partial charge on any atom is 0.416 e. The minimum Gasteiger partial charge on any atom is -0.468 e. The van der Waals surface area contributed by atoms with E-state index in [0.29, 0.717) is 11.3 Å². The molecule has 0 bridgehead atoms. The molecule has 3 rings (SSSR count). The number of hydrogen-bond donors (Lipinski definition) is 0. The van der Waals surface area contributed by atoms with E-state index in [-0.39, 0.29) is 23.2 Å². The quantitative estimate of drug-likeness (QED) is 0.462. The Morgan fingerprint density at radius 2 is 1.69 bits per heavy atom. The van der Waals surface area contributed by atoms with Gasteiger partial charge in [-0.3, -0.25) is 4.79 Å². The molecule has 3 nitrogen and oxygen atoms in total. The molecule has 0 spiro atoms. The summed E-state index contributed by atoms with van der Waals surface area (Å²) in [4.78, 5) is 12.4. The summed E-state index contributed by atoms with van der Waals surface area (Å²) in [7, 11) is 0. The van der Waals surface area contributed by atoms with Crippen molar-refractivity contribution in [3.8, 4) is 0 Å². The molecule has 0 saturated carbocycles. The first-order valence-electron chi connectivity index (χ1n) is 7.81. The molecular weight excluding hydrogens is 365 g/mol. The zero-order chi connectivity index (χ0) is 18.6. The number of halogens is 3. The molecule has 0 aliphatic carbocycles. The lowest BCUT2D eigenvalue weighted by atomic mass is 10.0. The van der Waals surface area contributed by atoms with Gasteiger partial charge in [0.1, 0.15) is 5.76 Å². The predicted octanol–water partition coefficient (Wildman–Crippen LogP) is 6.14. The minimum atomic E-state index is -4.39. The molecule has 7 heteroatoms. The van der Waals surface area contributed by atoms with Crippen molar-refractivity contribution in [2.24, 2.45) is 0 Å². The van der Waals surface area contributed by atoms with E-state index in [2.05, 4.69) is 0 Å². The van der Waals surface area contributed by atoms with Crippen molar-refractivity contribution in [2.75, 3.05) is 0 Å². The number of benzene rings is 1. The van der Waals surface area contributed by atoms with E-state index in [4.69, 9.17) is 8.83 Å². The minimum absolute atomic E-state index is 0.115. The number of furan rings is 2. The van der Waals surface area contributed by atoms with Crippen LogP contribution >= 0.6 is 11.8 Å². The number of carbonyl (C=O) groups is 1. The maximum atomic E-state index is 12.8. The fourth-order valence-corrected chi connectivity index (χ4v) is 3.59. The summed E-state index contributed by atoms with van der Waals surface area (Å²) in [6.07, 6.45) is -1.31. The molecule has 0 aliphatic heterocycles. The van der Waals surface area contributed by atoms with Crippen LogP contribution in [0, 0.1) is 0 Å². The summed E-state index contributed by atoms with van der Waals surface area (Å²) in [6, 6.07) is 11.7. The molecule has 2 heterocycles. The number of rotatable bonds is 7. The number of ketones is 1. The van der Waals surface area contributed by atoms with Crippen molar-refractivity contribution >= 4 is 17.5 Å². The van der Waals surface area contributed by atoms with Gasteiger partial charge < -0.3 is 8.83 Å². The van der Waals surface area contributed by atoms with Crippen LogP contribution in [0.2, 0.25) is 0 Å². The lowest BCUT2D eigenvalue weighted by molar-refractivity contribution is -0.137. The van der Waals surface area contributed by atoms with Crippen molar-refractivity contribution in [1.29, 1.82) is 0 Å². The van der Waals surface area contributed by atoms with Gasteiger partial charge in [-0.25, -0.2) is 0 Å². The maximum absolute atomic E-state index is 12.8. The first-order chi connectivity index (χ1) is 12.4. The van der Waals surface area contributed by atoms with Crippen LogP contribution < -0.4 is 0 Å². The highest BCUT2D eigenvalue weighted by atomic mass is 32.2. The van der Waals surface area contributed by atoms with E-state index in [0.717, 1.165) is 17.9 Å².